The van der Waals surface area contributed by atoms with Crippen molar-refractivity contribution < 1.29 is 0 Å². The van der Waals surface area contributed by atoms with E-state index in [-0.39, 0.29) is 0 Å². The van der Waals surface area contributed by atoms with Crippen molar-refractivity contribution in [3.8, 4) is 0 Å². The second-order valence-electron chi connectivity index (χ2n) is 4.32. The lowest BCUT2D eigenvalue weighted by Gasteiger charge is -2.02. The van der Waals surface area contributed by atoms with Gasteiger partial charge in [-0.3, -0.25) is 4.68 Å². The van der Waals surface area contributed by atoms with Gasteiger partial charge in [-0.25, -0.2) is 0 Å². The van der Waals surface area contributed by atoms with E-state index in [0.717, 1.165) is 42.3 Å². The quantitative estimate of drug-likeness (QED) is 0.816. The highest BCUT2D eigenvalue weighted by molar-refractivity contribution is 6.31. The Kier molecular flexibility index (Phi) is 3.66. The zero-order valence-corrected chi connectivity index (χ0v) is 10.6. The number of rotatable bonds is 1. The van der Waals surface area contributed by atoms with Gasteiger partial charge in [0.2, 0.25) is 0 Å². The fraction of sp³-hybridized carbons (Fsp3) is 0.583. The van der Waals surface area contributed by atoms with Crippen LogP contribution in [0.15, 0.2) is 5.57 Å². The standard InChI is InChI=1S/C12H18ClN3/c1-9-11(12(13)16(2)15-9)8-10-4-3-6-14-7-5-10/h8,14H,3-7H2,1-2H3/b10-8-. The third kappa shape index (κ3) is 2.47. The minimum absolute atomic E-state index is 0.738. The maximum atomic E-state index is 6.21. The molecule has 0 amide bonds. The normalized spacial score (nSPS) is 20.1. The Hall–Kier alpha value is -0.800. The minimum Gasteiger partial charge on any atom is -0.316 e. The van der Waals surface area contributed by atoms with Gasteiger partial charge in [-0.05, 0) is 39.3 Å². The number of hydrogen-bond donors (Lipinski definition) is 1. The molecule has 2 rings (SSSR count). The maximum Gasteiger partial charge on any atom is 0.134 e. The van der Waals surface area contributed by atoms with Crippen LogP contribution in [0, 0.1) is 6.92 Å². The molecule has 0 aliphatic carbocycles. The molecule has 1 saturated heterocycles. The zero-order chi connectivity index (χ0) is 11.5. The fourth-order valence-corrected chi connectivity index (χ4v) is 2.33. The van der Waals surface area contributed by atoms with E-state index in [9.17, 15) is 0 Å². The molecule has 0 spiro atoms. The lowest BCUT2D eigenvalue weighted by molar-refractivity contribution is 0.703. The molecule has 0 unspecified atom stereocenters. The van der Waals surface area contributed by atoms with Crippen LogP contribution in [0.4, 0.5) is 0 Å². The van der Waals surface area contributed by atoms with Crippen LogP contribution in [-0.4, -0.2) is 22.9 Å². The summed E-state index contributed by atoms with van der Waals surface area (Å²) in [5, 5.41) is 8.46. The number of nitrogens with zero attached hydrogens (tertiary/aromatic N) is 2. The Labute approximate surface area is 101 Å². The average Bonchev–Trinajstić information content (AvgIpc) is 2.51. The van der Waals surface area contributed by atoms with Gasteiger partial charge >= 0.3 is 0 Å². The minimum atomic E-state index is 0.738. The molecule has 88 valence electrons. The van der Waals surface area contributed by atoms with Crippen molar-refractivity contribution in [3.05, 3.63) is 22.0 Å². The first-order chi connectivity index (χ1) is 7.68. The first-order valence-corrected chi connectivity index (χ1v) is 6.15. The molecule has 1 aliphatic heterocycles. The van der Waals surface area contributed by atoms with Crippen LogP contribution >= 0.6 is 11.6 Å². The molecular formula is C12H18ClN3. The summed E-state index contributed by atoms with van der Waals surface area (Å²) in [6.07, 6.45) is 5.71. The molecule has 1 N–H and O–H groups in total. The first kappa shape index (κ1) is 11.7. The smallest absolute Gasteiger partial charge is 0.134 e. The summed E-state index contributed by atoms with van der Waals surface area (Å²) >= 11 is 6.21. The van der Waals surface area contributed by atoms with Gasteiger partial charge in [0.15, 0.2) is 0 Å². The summed E-state index contributed by atoms with van der Waals surface area (Å²) < 4.78 is 1.73. The Morgan fingerprint density at radius 2 is 2.19 bits per heavy atom. The fourth-order valence-electron chi connectivity index (χ4n) is 2.10. The predicted molar refractivity (Wildman–Crippen MR) is 67.7 cm³/mol. The summed E-state index contributed by atoms with van der Waals surface area (Å²) in [4.78, 5) is 0. The van der Waals surface area contributed by atoms with Crippen molar-refractivity contribution in [2.45, 2.75) is 26.2 Å². The predicted octanol–water partition coefficient (Wildman–Crippen LogP) is 2.54. The van der Waals surface area contributed by atoms with Gasteiger partial charge in [0.05, 0.1) is 5.69 Å². The summed E-state index contributed by atoms with van der Waals surface area (Å²) in [7, 11) is 1.88. The van der Waals surface area contributed by atoms with Gasteiger partial charge in [-0.2, -0.15) is 5.10 Å². The number of aryl methyl sites for hydroxylation is 2. The molecule has 1 aliphatic rings. The average molecular weight is 240 g/mol. The highest BCUT2D eigenvalue weighted by Gasteiger charge is 2.11. The molecular weight excluding hydrogens is 222 g/mol. The third-order valence-electron chi connectivity index (χ3n) is 3.02. The van der Waals surface area contributed by atoms with E-state index in [1.807, 2.05) is 14.0 Å². The van der Waals surface area contributed by atoms with Crippen LogP contribution in [0.3, 0.4) is 0 Å². The van der Waals surface area contributed by atoms with E-state index in [1.54, 1.807) is 4.68 Å². The lowest BCUT2D eigenvalue weighted by atomic mass is 10.1. The molecule has 0 aromatic carbocycles. The molecule has 1 fully saturated rings. The molecule has 0 saturated carbocycles. The number of halogens is 1. The lowest BCUT2D eigenvalue weighted by Crippen LogP contribution is -2.13. The van der Waals surface area contributed by atoms with Crippen LogP contribution in [0.1, 0.15) is 30.5 Å². The molecule has 2 heterocycles. The second-order valence-corrected chi connectivity index (χ2v) is 4.68. The third-order valence-corrected chi connectivity index (χ3v) is 3.47. The van der Waals surface area contributed by atoms with Crippen molar-refractivity contribution in [3.63, 3.8) is 0 Å². The summed E-state index contributed by atoms with van der Waals surface area (Å²) in [5.41, 5.74) is 3.57. The van der Waals surface area contributed by atoms with Gasteiger partial charge in [0.1, 0.15) is 5.15 Å². The van der Waals surface area contributed by atoms with Crippen molar-refractivity contribution in [1.29, 1.82) is 0 Å². The summed E-state index contributed by atoms with van der Waals surface area (Å²) in [6.45, 7) is 4.20. The molecule has 3 nitrogen and oxygen atoms in total. The molecule has 1 aromatic heterocycles. The Balaban J connectivity index is 2.26. The van der Waals surface area contributed by atoms with E-state index < -0.39 is 0 Å². The number of aromatic nitrogens is 2. The van der Waals surface area contributed by atoms with Crippen molar-refractivity contribution in [2.75, 3.05) is 13.1 Å². The van der Waals surface area contributed by atoms with Crippen LogP contribution in [0.25, 0.3) is 6.08 Å². The van der Waals surface area contributed by atoms with Gasteiger partial charge in [0, 0.05) is 12.6 Å². The van der Waals surface area contributed by atoms with Gasteiger partial charge in [0.25, 0.3) is 0 Å². The SMILES string of the molecule is Cc1nn(C)c(Cl)c1/C=C1/CCCNCC1. The Morgan fingerprint density at radius 1 is 1.38 bits per heavy atom. The van der Waals surface area contributed by atoms with Gasteiger partial charge in [-0.1, -0.05) is 23.3 Å². The number of hydrogen-bond acceptors (Lipinski definition) is 2. The maximum absolute atomic E-state index is 6.21. The van der Waals surface area contributed by atoms with Crippen molar-refractivity contribution in [1.82, 2.24) is 15.1 Å². The van der Waals surface area contributed by atoms with Crippen LogP contribution in [-0.2, 0) is 7.05 Å². The summed E-state index contributed by atoms with van der Waals surface area (Å²) in [6, 6.07) is 0. The molecule has 0 atom stereocenters. The van der Waals surface area contributed by atoms with E-state index in [4.69, 9.17) is 11.6 Å². The monoisotopic (exact) mass is 239 g/mol. The molecule has 16 heavy (non-hydrogen) atoms. The van der Waals surface area contributed by atoms with Crippen molar-refractivity contribution >= 4 is 17.7 Å². The second kappa shape index (κ2) is 5.02. The van der Waals surface area contributed by atoms with Crippen LogP contribution in [0.5, 0.6) is 0 Å². The van der Waals surface area contributed by atoms with Crippen LogP contribution in [0.2, 0.25) is 5.15 Å². The van der Waals surface area contributed by atoms with Gasteiger partial charge < -0.3 is 5.32 Å². The topological polar surface area (TPSA) is 29.9 Å². The number of nitrogens with one attached hydrogen (secondary N) is 1. The van der Waals surface area contributed by atoms with E-state index >= 15 is 0 Å². The van der Waals surface area contributed by atoms with Gasteiger partial charge in [-0.15, -0.1) is 0 Å². The molecule has 0 bridgehead atoms. The van der Waals surface area contributed by atoms with Crippen molar-refractivity contribution in [2.24, 2.45) is 7.05 Å². The van der Waals surface area contributed by atoms with E-state index in [2.05, 4.69) is 16.5 Å². The molecule has 0 radical (unpaired) electrons. The van der Waals surface area contributed by atoms with Crippen LogP contribution < -0.4 is 5.32 Å². The van der Waals surface area contributed by atoms with E-state index in [1.165, 1.54) is 12.0 Å². The van der Waals surface area contributed by atoms with E-state index in [0.29, 0.717) is 0 Å². The Morgan fingerprint density at radius 3 is 2.88 bits per heavy atom. The highest BCUT2D eigenvalue weighted by Crippen LogP contribution is 2.24. The Bertz CT molecular complexity index is 397. The molecule has 4 heteroatoms. The molecule has 1 aromatic rings. The largest absolute Gasteiger partial charge is 0.316 e. The summed E-state index contributed by atoms with van der Waals surface area (Å²) in [5.74, 6) is 0. The highest BCUT2D eigenvalue weighted by atomic mass is 35.5. The first-order valence-electron chi connectivity index (χ1n) is 5.77. The zero-order valence-electron chi connectivity index (χ0n) is 9.89.